The van der Waals surface area contributed by atoms with Gasteiger partial charge in [-0.05, 0) is 120 Å². The van der Waals surface area contributed by atoms with E-state index >= 15 is 0 Å². The Labute approximate surface area is 242 Å². The quantitative estimate of drug-likeness (QED) is 0.118. The zero-order chi connectivity index (χ0) is 28.2. The van der Waals surface area contributed by atoms with Gasteiger partial charge in [0.05, 0.1) is 0 Å². The van der Waals surface area contributed by atoms with Crippen LogP contribution in [0.2, 0.25) is 0 Å². The summed E-state index contributed by atoms with van der Waals surface area (Å²) in [6.45, 7) is 4.40. The van der Waals surface area contributed by atoms with Gasteiger partial charge in [0.15, 0.2) is 0 Å². The summed E-state index contributed by atoms with van der Waals surface area (Å²) in [5.74, 6) is 0. The average Bonchev–Trinajstić information content (AvgIpc) is 2.97. The number of benzene rings is 4. The van der Waals surface area contributed by atoms with E-state index in [1.54, 1.807) is 0 Å². The van der Waals surface area contributed by atoms with Crippen molar-refractivity contribution in [2.45, 2.75) is 90.9 Å². The van der Waals surface area contributed by atoms with Crippen molar-refractivity contribution in [3.8, 4) is 0 Å². The normalized spacial score (nSPS) is 11.2. The van der Waals surface area contributed by atoms with E-state index in [-0.39, 0.29) is 0 Å². The molecule has 4 N–H and O–H groups in total. The predicted molar refractivity (Wildman–Crippen MR) is 174 cm³/mol. The average molecular weight is 533 g/mol. The largest absolute Gasteiger partial charge is 0.399 e. The molecule has 0 aliphatic heterocycles. The van der Waals surface area contributed by atoms with E-state index in [1.807, 2.05) is 12.1 Å². The van der Waals surface area contributed by atoms with Crippen LogP contribution in [0, 0.1) is 0 Å². The van der Waals surface area contributed by atoms with Crippen LogP contribution in [0.3, 0.4) is 0 Å². The molecule has 2 nitrogen and oxygen atoms in total. The molecule has 0 amide bonds. The van der Waals surface area contributed by atoms with Gasteiger partial charge in [0.2, 0.25) is 0 Å². The lowest BCUT2D eigenvalue weighted by molar-refractivity contribution is 0.594. The molecule has 0 saturated heterocycles. The minimum Gasteiger partial charge on any atom is -0.399 e. The summed E-state index contributed by atoms with van der Waals surface area (Å²) in [6, 6.07) is 31.1. The first-order valence-electron chi connectivity index (χ1n) is 15.4. The number of unbranched alkanes of at least 4 members (excludes halogenated alkanes) is 5. The van der Waals surface area contributed by atoms with E-state index in [9.17, 15) is 0 Å². The fourth-order valence-electron chi connectivity index (χ4n) is 5.75. The van der Waals surface area contributed by atoms with Gasteiger partial charge in [-0.3, -0.25) is 0 Å². The maximum Gasteiger partial charge on any atom is 0.0316 e. The van der Waals surface area contributed by atoms with Gasteiger partial charge in [-0.2, -0.15) is 0 Å². The molecule has 0 atom stereocenters. The Hall–Kier alpha value is -3.52. The molecule has 0 fully saturated rings. The van der Waals surface area contributed by atoms with Gasteiger partial charge in [0.25, 0.3) is 0 Å². The first kappa shape index (κ1) is 29.5. The molecule has 0 aromatic heterocycles. The molecule has 210 valence electrons. The van der Waals surface area contributed by atoms with Crippen molar-refractivity contribution >= 4 is 11.4 Å². The fraction of sp³-hybridized carbons (Fsp3) is 0.368. The molecule has 0 bridgehead atoms. The number of rotatable bonds is 15. The summed E-state index contributed by atoms with van der Waals surface area (Å²) >= 11 is 0. The lowest BCUT2D eigenvalue weighted by Crippen LogP contribution is -1.97. The van der Waals surface area contributed by atoms with Crippen LogP contribution in [0.25, 0.3) is 0 Å². The number of nitrogen functional groups attached to an aromatic ring is 2. The predicted octanol–water partition coefficient (Wildman–Crippen LogP) is 9.28. The monoisotopic (exact) mass is 532 g/mol. The van der Waals surface area contributed by atoms with Crippen molar-refractivity contribution in [1.82, 2.24) is 0 Å². The zero-order valence-electron chi connectivity index (χ0n) is 24.7. The van der Waals surface area contributed by atoms with Crippen LogP contribution >= 0.6 is 0 Å². The minimum atomic E-state index is 0.859. The molecule has 0 saturated carbocycles. The lowest BCUT2D eigenvalue weighted by atomic mass is 9.96. The van der Waals surface area contributed by atoms with E-state index in [0.717, 1.165) is 37.1 Å². The van der Waals surface area contributed by atoms with Crippen LogP contribution in [0.4, 0.5) is 11.4 Å². The molecule has 0 aliphatic carbocycles. The highest BCUT2D eigenvalue weighted by Gasteiger charge is 2.05. The standard InChI is InChI=1S/C38H48N2/c1-3-33-27-37(39)23-21-35(33)25-31-17-13-29(14-18-31)11-9-7-5-6-8-10-12-30-15-19-32(20-16-30)26-36-22-24-38(40)28-34(36)4-2/h13-24,27-28H,3-12,25-26,39-40H2,1-2H3. The Kier molecular flexibility index (Phi) is 11.3. The van der Waals surface area contributed by atoms with Crippen molar-refractivity contribution < 1.29 is 0 Å². The van der Waals surface area contributed by atoms with Crippen molar-refractivity contribution in [2.24, 2.45) is 0 Å². The van der Waals surface area contributed by atoms with Crippen LogP contribution < -0.4 is 11.5 Å². The van der Waals surface area contributed by atoms with Crippen LogP contribution in [-0.4, -0.2) is 0 Å². The molecule has 0 aliphatic rings. The summed E-state index contributed by atoms with van der Waals surface area (Å²) in [5, 5.41) is 0. The van der Waals surface area contributed by atoms with Gasteiger partial charge in [-0.1, -0.05) is 100 Å². The van der Waals surface area contributed by atoms with Crippen LogP contribution in [0.1, 0.15) is 96.9 Å². The minimum absolute atomic E-state index is 0.859. The van der Waals surface area contributed by atoms with Crippen molar-refractivity contribution in [3.63, 3.8) is 0 Å². The van der Waals surface area contributed by atoms with Gasteiger partial charge in [0.1, 0.15) is 0 Å². The molecule has 2 heteroatoms. The third kappa shape index (κ3) is 9.01. The number of anilines is 2. The number of hydrogen-bond donors (Lipinski definition) is 2. The van der Waals surface area contributed by atoms with Crippen LogP contribution in [0.15, 0.2) is 84.9 Å². The molecule has 40 heavy (non-hydrogen) atoms. The maximum atomic E-state index is 5.96. The summed E-state index contributed by atoms with van der Waals surface area (Å²) < 4.78 is 0. The Bertz CT molecular complexity index is 1210. The van der Waals surface area contributed by atoms with E-state index in [4.69, 9.17) is 11.5 Å². The van der Waals surface area contributed by atoms with Crippen molar-refractivity contribution in [1.29, 1.82) is 0 Å². The molecular weight excluding hydrogens is 484 g/mol. The number of aryl methyl sites for hydroxylation is 4. The van der Waals surface area contributed by atoms with Crippen LogP contribution in [0.5, 0.6) is 0 Å². The Morgan fingerprint density at radius 1 is 0.400 bits per heavy atom. The third-order valence-corrected chi connectivity index (χ3v) is 8.24. The molecule has 0 unspecified atom stereocenters. The lowest BCUT2D eigenvalue weighted by Gasteiger charge is -2.10. The Balaban J connectivity index is 1.09. The highest BCUT2D eigenvalue weighted by molar-refractivity contribution is 5.47. The van der Waals surface area contributed by atoms with E-state index in [0.29, 0.717) is 0 Å². The topological polar surface area (TPSA) is 52.0 Å². The smallest absolute Gasteiger partial charge is 0.0316 e. The summed E-state index contributed by atoms with van der Waals surface area (Å²) in [5.41, 5.74) is 24.8. The molecule has 0 spiro atoms. The first-order valence-corrected chi connectivity index (χ1v) is 15.4. The number of hydrogen-bond acceptors (Lipinski definition) is 2. The SMILES string of the molecule is CCc1cc(N)ccc1Cc1ccc(CCCCCCCCc2ccc(Cc3ccc(N)cc3CC)cc2)cc1. The second-order valence-electron chi connectivity index (χ2n) is 11.4. The second kappa shape index (κ2) is 15.3. The van der Waals surface area contributed by atoms with Gasteiger partial charge in [-0.25, -0.2) is 0 Å². The second-order valence-corrected chi connectivity index (χ2v) is 11.4. The fourth-order valence-corrected chi connectivity index (χ4v) is 5.75. The summed E-state index contributed by atoms with van der Waals surface area (Å²) in [7, 11) is 0. The molecule has 4 aromatic rings. The molecule has 4 aromatic carbocycles. The van der Waals surface area contributed by atoms with Gasteiger partial charge < -0.3 is 11.5 Å². The van der Waals surface area contributed by atoms with Gasteiger partial charge in [0, 0.05) is 11.4 Å². The van der Waals surface area contributed by atoms with Crippen molar-refractivity contribution in [3.05, 3.63) is 129 Å². The summed E-state index contributed by atoms with van der Waals surface area (Å²) in [4.78, 5) is 0. The van der Waals surface area contributed by atoms with Gasteiger partial charge >= 0.3 is 0 Å². The highest BCUT2D eigenvalue weighted by Crippen LogP contribution is 2.21. The van der Waals surface area contributed by atoms with Crippen molar-refractivity contribution in [2.75, 3.05) is 11.5 Å². The Morgan fingerprint density at radius 2 is 0.750 bits per heavy atom. The highest BCUT2D eigenvalue weighted by atomic mass is 14.5. The number of nitrogens with two attached hydrogens (primary N) is 2. The van der Waals surface area contributed by atoms with E-state index in [2.05, 4.69) is 86.6 Å². The zero-order valence-corrected chi connectivity index (χ0v) is 24.7. The van der Waals surface area contributed by atoms with E-state index < -0.39 is 0 Å². The van der Waals surface area contributed by atoms with E-state index in [1.165, 1.54) is 95.9 Å². The maximum absolute atomic E-state index is 5.96. The first-order chi connectivity index (χ1) is 19.5. The third-order valence-electron chi connectivity index (χ3n) is 8.24. The molecule has 0 radical (unpaired) electrons. The molecule has 0 heterocycles. The van der Waals surface area contributed by atoms with Gasteiger partial charge in [-0.15, -0.1) is 0 Å². The molecular formula is C38H48N2. The van der Waals surface area contributed by atoms with Crippen LogP contribution in [-0.2, 0) is 38.5 Å². The summed E-state index contributed by atoms with van der Waals surface area (Å²) in [6.07, 6.45) is 14.3. The molecule has 4 rings (SSSR count). The Morgan fingerprint density at radius 3 is 1.12 bits per heavy atom.